The Hall–Kier alpha value is -4.60. The van der Waals surface area contributed by atoms with Gasteiger partial charge in [0.15, 0.2) is 5.65 Å². The maximum atomic E-state index is 13.9. The minimum absolute atomic E-state index is 0.0104. The zero-order valence-electron chi connectivity index (χ0n) is 21.5. The van der Waals surface area contributed by atoms with Gasteiger partial charge >= 0.3 is 5.69 Å². The van der Waals surface area contributed by atoms with Crippen LogP contribution in [0.2, 0.25) is 5.02 Å². The third-order valence-corrected chi connectivity index (χ3v) is 7.39. The van der Waals surface area contributed by atoms with Crippen molar-refractivity contribution in [3.63, 3.8) is 0 Å². The number of aromatic nitrogens is 6. The molecule has 10 heteroatoms. The Labute approximate surface area is 228 Å². The summed E-state index contributed by atoms with van der Waals surface area (Å²) in [7, 11) is 1.82. The first kappa shape index (κ1) is 24.7. The Kier molecular flexibility index (Phi) is 6.09. The summed E-state index contributed by atoms with van der Waals surface area (Å²) in [5.74, 6) is 6.02. The first-order valence-electron chi connectivity index (χ1n) is 12.6. The number of rotatable bonds is 6. The van der Waals surface area contributed by atoms with Gasteiger partial charge in [0, 0.05) is 36.4 Å². The standard InChI is InChI=1S/C29H24ClN7O2/c1-3-4-11-35-28(38)25-26(24-12-19(14-31)15-34(24)2)37(33-27(25)36(29(35)39)16-18-5-6-18)17-20-9-10-32-23-8-7-21(30)13-22(20)23/h7-10,12-13,15,18H,5-6,11,16-17H2,1-2H3. The van der Waals surface area contributed by atoms with Crippen molar-refractivity contribution in [2.24, 2.45) is 13.0 Å². The van der Waals surface area contributed by atoms with Gasteiger partial charge in [-0.05, 0) is 61.6 Å². The van der Waals surface area contributed by atoms with E-state index < -0.39 is 11.2 Å². The molecule has 0 bridgehead atoms. The number of nitriles is 1. The van der Waals surface area contributed by atoms with Gasteiger partial charge in [-0.2, -0.15) is 10.4 Å². The molecule has 0 aliphatic heterocycles. The van der Waals surface area contributed by atoms with E-state index in [1.54, 1.807) is 45.3 Å². The molecule has 0 unspecified atom stereocenters. The number of aryl methyl sites for hydroxylation is 1. The lowest BCUT2D eigenvalue weighted by molar-refractivity contribution is 0.564. The molecule has 9 nitrogen and oxygen atoms in total. The Morgan fingerprint density at radius 1 is 1.15 bits per heavy atom. The predicted molar refractivity (Wildman–Crippen MR) is 149 cm³/mol. The molecule has 6 rings (SSSR count). The van der Waals surface area contributed by atoms with Crippen LogP contribution in [-0.2, 0) is 26.7 Å². The van der Waals surface area contributed by atoms with Crippen molar-refractivity contribution in [1.29, 1.82) is 5.26 Å². The number of halogens is 1. The second-order valence-electron chi connectivity index (χ2n) is 9.83. The maximum Gasteiger partial charge on any atom is 0.333 e. The second kappa shape index (κ2) is 9.61. The first-order valence-corrected chi connectivity index (χ1v) is 13.0. The zero-order valence-corrected chi connectivity index (χ0v) is 22.2. The summed E-state index contributed by atoms with van der Waals surface area (Å²) in [5.41, 5.74) is 2.80. The van der Waals surface area contributed by atoms with Gasteiger partial charge in [0.1, 0.15) is 17.1 Å². The number of benzene rings is 1. The van der Waals surface area contributed by atoms with Crippen molar-refractivity contribution < 1.29 is 0 Å². The molecule has 5 aromatic rings. The summed E-state index contributed by atoms with van der Waals surface area (Å²) in [6, 6.07) is 11.3. The van der Waals surface area contributed by atoms with Gasteiger partial charge in [0.05, 0.1) is 29.9 Å². The molecule has 0 N–H and O–H groups in total. The molecule has 1 aliphatic carbocycles. The highest BCUT2D eigenvalue weighted by molar-refractivity contribution is 6.31. The average molecular weight is 538 g/mol. The minimum Gasteiger partial charge on any atom is -0.348 e. The van der Waals surface area contributed by atoms with Crippen LogP contribution in [0.15, 0.2) is 52.3 Å². The lowest BCUT2D eigenvalue weighted by atomic mass is 10.1. The van der Waals surface area contributed by atoms with Crippen LogP contribution < -0.4 is 11.2 Å². The fraction of sp³-hybridized carbons (Fsp3) is 0.276. The van der Waals surface area contributed by atoms with Crippen LogP contribution in [0.1, 0.15) is 30.9 Å². The highest BCUT2D eigenvalue weighted by Crippen LogP contribution is 2.33. The quantitative estimate of drug-likeness (QED) is 0.305. The summed E-state index contributed by atoms with van der Waals surface area (Å²) in [5, 5.41) is 16.3. The molecule has 1 fully saturated rings. The van der Waals surface area contributed by atoms with Crippen molar-refractivity contribution in [1.82, 2.24) is 28.5 Å². The van der Waals surface area contributed by atoms with Gasteiger partial charge in [0.2, 0.25) is 0 Å². The van der Waals surface area contributed by atoms with Crippen LogP contribution in [-0.4, -0.2) is 28.5 Å². The lowest BCUT2D eigenvalue weighted by Crippen LogP contribution is -2.40. The van der Waals surface area contributed by atoms with Crippen molar-refractivity contribution in [3.05, 3.63) is 79.7 Å². The Bertz CT molecular complexity index is 2010. The zero-order chi connectivity index (χ0) is 27.3. The van der Waals surface area contributed by atoms with Crippen LogP contribution in [0.3, 0.4) is 0 Å². The molecule has 1 saturated carbocycles. The highest BCUT2D eigenvalue weighted by Gasteiger charge is 2.29. The average Bonchev–Trinajstić information content (AvgIpc) is 3.57. The number of hydrogen-bond acceptors (Lipinski definition) is 5. The molecule has 0 radical (unpaired) electrons. The van der Waals surface area contributed by atoms with Crippen LogP contribution >= 0.6 is 11.6 Å². The van der Waals surface area contributed by atoms with E-state index in [0.29, 0.717) is 52.0 Å². The summed E-state index contributed by atoms with van der Waals surface area (Å²) in [6.07, 6.45) is 5.50. The normalized spacial score (nSPS) is 13.0. The summed E-state index contributed by atoms with van der Waals surface area (Å²) in [4.78, 5) is 32.0. The monoisotopic (exact) mass is 537 g/mol. The van der Waals surface area contributed by atoms with Crippen LogP contribution in [0, 0.1) is 29.1 Å². The van der Waals surface area contributed by atoms with E-state index in [-0.39, 0.29) is 6.54 Å². The fourth-order valence-electron chi connectivity index (χ4n) is 5.02. The topological polar surface area (TPSA) is 103 Å². The van der Waals surface area contributed by atoms with E-state index in [0.717, 1.165) is 29.3 Å². The van der Waals surface area contributed by atoms with Crippen LogP contribution in [0.5, 0.6) is 0 Å². The Morgan fingerprint density at radius 2 is 1.97 bits per heavy atom. The SMILES string of the molecule is CC#CCn1c(=O)c2c(-c3cc(C#N)cn3C)n(Cc3ccnc4ccc(Cl)cc34)nc2n(CC2CC2)c1=O. The van der Waals surface area contributed by atoms with E-state index in [9.17, 15) is 14.9 Å². The van der Waals surface area contributed by atoms with E-state index in [1.807, 2.05) is 25.2 Å². The molecule has 1 aromatic carbocycles. The van der Waals surface area contributed by atoms with E-state index in [2.05, 4.69) is 22.9 Å². The Balaban J connectivity index is 1.68. The molecule has 194 valence electrons. The molecule has 0 saturated heterocycles. The molecule has 0 spiro atoms. The van der Waals surface area contributed by atoms with Crippen molar-refractivity contribution in [2.75, 3.05) is 0 Å². The molecule has 1 aliphatic rings. The third-order valence-electron chi connectivity index (χ3n) is 7.15. The molecule has 4 aromatic heterocycles. The minimum atomic E-state index is -0.451. The first-order chi connectivity index (χ1) is 18.9. The van der Waals surface area contributed by atoms with E-state index in [4.69, 9.17) is 16.7 Å². The number of pyridine rings is 1. The van der Waals surface area contributed by atoms with Gasteiger partial charge in [-0.1, -0.05) is 17.5 Å². The lowest BCUT2D eigenvalue weighted by Gasteiger charge is -2.11. The smallest absolute Gasteiger partial charge is 0.333 e. The van der Waals surface area contributed by atoms with E-state index in [1.165, 1.54) is 4.57 Å². The molecule has 0 amide bonds. The fourth-order valence-corrected chi connectivity index (χ4v) is 5.20. The van der Waals surface area contributed by atoms with Crippen molar-refractivity contribution in [3.8, 4) is 29.3 Å². The third kappa shape index (κ3) is 4.31. The van der Waals surface area contributed by atoms with Gasteiger partial charge in [0.25, 0.3) is 5.56 Å². The largest absolute Gasteiger partial charge is 0.348 e. The summed E-state index contributed by atoms with van der Waals surface area (Å²) < 4.78 is 6.35. The Morgan fingerprint density at radius 3 is 2.69 bits per heavy atom. The molecular weight excluding hydrogens is 514 g/mol. The number of fused-ring (bicyclic) bond motifs is 2. The molecule has 39 heavy (non-hydrogen) atoms. The van der Waals surface area contributed by atoms with E-state index >= 15 is 0 Å². The number of nitrogens with zero attached hydrogens (tertiary/aromatic N) is 7. The van der Waals surface area contributed by atoms with Crippen molar-refractivity contribution >= 4 is 33.5 Å². The van der Waals surface area contributed by atoms with Gasteiger partial charge < -0.3 is 4.57 Å². The van der Waals surface area contributed by atoms with Crippen LogP contribution in [0.4, 0.5) is 0 Å². The maximum absolute atomic E-state index is 13.9. The number of hydrogen-bond donors (Lipinski definition) is 0. The molecule has 0 atom stereocenters. The van der Waals surface area contributed by atoms with Crippen LogP contribution in [0.25, 0.3) is 33.3 Å². The highest BCUT2D eigenvalue weighted by atomic mass is 35.5. The van der Waals surface area contributed by atoms with Crippen molar-refractivity contribution in [2.45, 2.75) is 39.4 Å². The second-order valence-corrected chi connectivity index (χ2v) is 10.3. The van der Waals surface area contributed by atoms with Gasteiger partial charge in [-0.3, -0.25) is 19.0 Å². The van der Waals surface area contributed by atoms with Gasteiger partial charge in [-0.25, -0.2) is 9.36 Å². The molecular formula is C29H24ClN7O2. The molecule has 4 heterocycles. The predicted octanol–water partition coefficient (Wildman–Crippen LogP) is 3.92. The van der Waals surface area contributed by atoms with Gasteiger partial charge in [-0.15, -0.1) is 5.92 Å². The summed E-state index contributed by atoms with van der Waals surface area (Å²) >= 11 is 6.32. The summed E-state index contributed by atoms with van der Waals surface area (Å²) in [6.45, 7) is 2.44.